The molecule has 0 atom stereocenters. The van der Waals surface area contributed by atoms with Crippen molar-refractivity contribution in [3.05, 3.63) is 16.6 Å². The first-order chi connectivity index (χ1) is 7.62. The van der Waals surface area contributed by atoms with E-state index < -0.39 is 0 Å². The van der Waals surface area contributed by atoms with Gasteiger partial charge in [0, 0.05) is 30.7 Å². The second-order valence-corrected chi connectivity index (χ2v) is 5.92. The fourth-order valence-electron chi connectivity index (χ4n) is 2.43. The Morgan fingerprint density at radius 1 is 1.44 bits per heavy atom. The summed E-state index contributed by atoms with van der Waals surface area (Å²) in [5, 5.41) is 7.08. The van der Waals surface area contributed by atoms with Crippen molar-refractivity contribution in [2.75, 3.05) is 20.1 Å². The van der Waals surface area contributed by atoms with Crippen LogP contribution in [0.4, 0.5) is 0 Å². The number of piperidine rings is 1. The Morgan fingerprint density at radius 3 is 2.62 bits per heavy atom. The molecule has 16 heavy (non-hydrogen) atoms. The van der Waals surface area contributed by atoms with Crippen LogP contribution in [-0.2, 0) is 5.54 Å². The summed E-state index contributed by atoms with van der Waals surface area (Å²) in [6.07, 6.45) is 4.24. The highest BCUT2D eigenvalue weighted by Gasteiger charge is 2.37. The van der Waals surface area contributed by atoms with Crippen LogP contribution in [0.5, 0.6) is 0 Å². The molecule has 0 bridgehead atoms. The summed E-state index contributed by atoms with van der Waals surface area (Å²) >= 11 is 1.78. The van der Waals surface area contributed by atoms with Gasteiger partial charge in [-0.15, -0.1) is 11.3 Å². The average Bonchev–Trinajstić information content (AvgIpc) is 2.75. The Kier molecular flexibility index (Phi) is 3.62. The van der Waals surface area contributed by atoms with Crippen LogP contribution in [0.2, 0.25) is 0 Å². The molecule has 4 heteroatoms. The summed E-state index contributed by atoms with van der Waals surface area (Å²) < 4.78 is 0. The van der Waals surface area contributed by atoms with E-state index in [1.807, 2.05) is 6.20 Å². The summed E-state index contributed by atoms with van der Waals surface area (Å²) in [5.41, 5.74) is 0.120. The number of nitrogens with one attached hydrogen (secondary N) is 1. The van der Waals surface area contributed by atoms with Gasteiger partial charge in [0.1, 0.15) is 5.01 Å². The number of rotatable bonds is 3. The van der Waals surface area contributed by atoms with Gasteiger partial charge in [0.05, 0.1) is 5.54 Å². The molecule has 2 heterocycles. The molecule has 1 aliphatic rings. The highest BCUT2D eigenvalue weighted by atomic mass is 32.1. The topological polar surface area (TPSA) is 28.2 Å². The molecule has 1 aromatic rings. The van der Waals surface area contributed by atoms with Crippen molar-refractivity contribution in [1.82, 2.24) is 15.2 Å². The van der Waals surface area contributed by atoms with Crippen LogP contribution in [0.1, 0.15) is 31.7 Å². The van der Waals surface area contributed by atoms with E-state index in [9.17, 15) is 0 Å². The molecule has 1 aromatic heterocycles. The normalized spacial score (nSPS) is 21.5. The Hall–Kier alpha value is -0.450. The van der Waals surface area contributed by atoms with Gasteiger partial charge in [-0.1, -0.05) is 0 Å². The molecule has 0 radical (unpaired) electrons. The maximum Gasteiger partial charge on any atom is 0.113 e. The monoisotopic (exact) mass is 239 g/mol. The van der Waals surface area contributed by atoms with Crippen LogP contribution in [0.3, 0.4) is 0 Å². The van der Waals surface area contributed by atoms with Crippen molar-refractivity contribution in [3.8, 4) is 0 Å². The molecule has 0 aliphatic carbocycles. The van der Waals surface area contributed by atoms with Gasteiger partial charge >= 0.3 is 0 Å². The van der Waals surface area contributed by atoms with Crippen molar-refractivity contribution >= 4 is 11.3 Å². The standard InChI is InChI=1S/C12H21N3S/c1-10(2)14-12(11-13-6-9-16-11)4-7-15(3)8-5-12/h6,9-10,14H,4-5,7-8H2,1-3H3. The van der Waals surface area contributed by atoms with Gasteiger partial charge in [0.25, 0.3) is 0 Å². The van der Waals surface area contributed by atoms with Gasteiger partial charge < -0.3 is 10.2 Å². The highest BCUT2D eigenvalue weighted by Crippen LogP contribution is 2.34. The lowest BCUT2D eigenvalue weighted by Crippen LogP contribution is -2.52. The number of nitrogens with zero attached hydrogens (tertiary/aromatic N) is 2. The average molecular weight is 239 g/mol. The Bertz CT molecular complexity index is 313. The zero-order chi connectivity index (χ0) is 11.6. The van der Waals surface area contributed by atoms with Crippen LogP contribution in [0, 0.1) is 0 Å². The summed E-state index contributed by atoms with van der Waals surface area (Å²) in [4.78, 5) is 6.92. The number of likely N-dealkylation sites (tertiary alicyclic amines) is 1. The second kappa shape index (κ2) is 4.82. The zero-order valence-electron chi connectivity index (χ0n) is 10.4. The smallest absolute Gasteiger partial charge is 0.113 e. The van der Waals surface area contributed by atoms with E-state index in [2.05, 4.69) is 41.5 Å². The minimum atomic E-state index is 0.120. The summed E-state index contributed by atoms with van der Waals surface area (Å²) in [6.45, 7) is 6.74. The first-order valence-electron chi connectivity index (χ1n) is 5.99. The fraction of sp³-hybridized carbons (Fsp3) is 0.750. The molecule has 0 spiro atoms. The molecule has 1 saturated heterocycles. The minimum Gasteiger partial charge on any atom is -0.306 e. The zero-order valence-corrected chi connectivity index (χ0v) is 11.2. The van der Waals surface area contributed by atoms with Crippen molar-refractivity contribution < 1.29 is 0 Å². The third-order valence-corrected chi connectivity index (χ3v) is 4.22. The summed E-state index contributed by atoms with van der Waals surface area (Å²) in [5.74, 6) is 0. The molecule has 1 fully saturated rings. The maximum atomic E-state index is 4.53. The summed E-state index contributed by atoms with van der Waals surface area (Å²) in [7, 11) is 2.20. The van der Waals surface area contributed by atoms with E-state index in [1.54, 1.807) is 11.3 Å². The lowest BCUT2D eigenvalue weighted by molar-refractivity contribution is 0.147. The van der Waals surface area contributed by atoms with E-state index in [-0.39, 0.29) is 5.54 Å². The number of thiazole rings is 1. The third-order valence-electron chi connectivity index (χ3n) is 3.25. The van der Waals surface area contributed by atoms with Crippen LogP contribution < -0.4 is 5.32 Å². The molecule has 2 rings (SSSR count). The Morgan fingerprint density at radius 2 is 2.12 bits per heavy atom. The van der Waals surface area contributed by atoms with Gasteiger partial charge in [-0.3, -0.25) is 0 Å². The van der Waals surface area contributed by atoms with Crippen LogP contribution in [0.25, 0.3) is 0 Å². The Balaban J connectivity index is 2.20. The largest absolute Gasteiger partial charge is 0.306 e. The van der Waals surface area contributed by atoms with Crippen LogP contribution in [-0.4, -0.2) is 36.1 Å². The van der Waals surface area contributed by atoms with E-state index in [1.165, 1.54) is 5.01 Å². The number of hydrogen-bond donors (Lipinski definition) is 1. The maximum absolute atomic E-state index is 4.53. The predicted octanol–water partition coefficient (Wildman–Crippen LogP) is 2.06. The van der Waals surface area contributed by atoms with E-state index in [0.29, 0.717) is 6.04 Å². The molecule has 1 aliphatic heterocycles. The molecular weight excluding hydrogens is 218 g/mol. The first-order valence-corrected chi connectivity index (χ1v) is 6.86. The van der Waals surface area contributed by atoms with Crippen molar-refractivity contribution in [1.29, 1.82) is 0 Å². The Labute approximate surface area is 102 Å². The number of hydrogen-bond acceptors (Lipinski definition) is 4. The van der Waals surface area contributed by atoms with Gasteiger partial charge in [0.15, 0.2) is 0 Å². The lowest BCUT2D eigenvalue weighted by atomic mass is 9.87. The summed E-state index contributed by atoms with van der Waals surface area (Å²) in [6, 6.07) is 0.507. The highest BCUT2D eigenvalue weighted by molar-refractivity contribution is 7.09. The molecule has 0 aromatic carbocycles. The van der Waals surface area contributed by atoms with E-state index >= 15 is 0 Å². The van der Waals surface area contributed by atoms with E-state index in [4.69, 9.17) is 0 Å². The van der Waals surface area contributed by atoms with Gasteiger partial charge in [0.2, 0.25) is 0 Å². The van der Waals surface area contributed by atoms with Gasteiger partial charge in [-0.2, -0.15) is 0 Å². The van der Waals surface area contributed by atoms with Crippen molar-refractivity contribution in [2.45, 2.75) is 38.3 Å². The van der Waals surface area contributed by atoms with Gasteiger partial charge in [-0.25, -0.2) is 4.98 Å². The molecule has 0 unspecified atom stereocenters. The fourth-order valence-corrected chi connectivity index (χ4v) is 3.29. The molecule has 90 valence electrons. The lowest BCUT2D eigenvalue weighted by Gasteiger charge is -2.41. The molecule has 1 N–H and O–H groups in total. The minimum absolute atomic E-state index is 0.120. The molecule has 0 saturated carbocycles. The molecule has 3 nitrogen and oxygen atoms in total. The van der Waals surface area contributed by atoms with E-state index in [0.717, 1.165) is 25.9 Å². The molecular formula is C12H21N3S. The van der Waals surface area contributed by atoms with Crippen LogP contribution >= 0.6 is 11.3 Å². The SMILES string of the molecule is CC(C)NC1(c2nccs2)CCN(C)CC1. The van der Waals surface area contributed by atoms with Crippen molar-refractivity contribution in [2.24, 2.45) is 0 Å². The van der Waals surface area contributed by atoms with Gasteiger partial charge in [-0.05, 0) is 33.7 Å². The number of aromatic nitrogens is 1. The predicted molar refractivity (Wildman–Crippen MR) is 68.8 cm³/mol. The third kappa shape index (κ3) is 2.44. The van der Waals surface area contributed by atoms with Crippen molar-refractivity contribution in [3.63, 3.8) is 0 Å². The first kappa shape index (κ1) is 12.0. The quantitative estimate of drug-likeness (QED) is 0.875. The molecule has 0 amide bonds. The van der Waals surface area contributed by atoms with Crippen LogP contribution in [0.15, 0.2) is 11.6 Å². The second-order valence-electron chi connectivity index (χ2n) is 5.02.